The average molecular weight is 920 g/mol. The van der Waals surface area contributed by atoms with E-state index in [4.69, 9.17) is 0 Å². The van der Waals surface area contributed by atoms with Crippen molar-refractivity contribution < 1.29 is 13.6 Å². The van der Waals surface area contributed by atoms with E-state index in [1.54, 1.807) is 0 Å². The van der Waals surface area contributed by atoms with Crippen molar-refractivity contribution >= 4 is 21.8 Å². The summed E-state index contributed by atoms with van der Waals surface area (Å²) in [6.45, 7) is 103. The van der Waals surface area contributed by atoms with Crippen LogP contribution >= 0.6 is 21.8 Å². The first kappa shape index (κ1) is 55.4. The van der Waals surface area contributed by atoms with Gasteiger partial charge in [0.2, 0.25) is 0 Å². The van der Waals surface area contributed by atoms with Gasteiger partial charge in [-0.15, -0.1) is 0 Å². The Morgan fingerprint density at radius 2 is 0.208 bits per heavy atom. The molecule has 0 saturated carbocycles. The van der Waals surface area contributed by atoms with Crippen molar-refractivity contribution in [3.63, 3.8) is 0 Å². The maximum atomic E-state index is 2.85. The van der Waals surface area contributed by atoms with Gasteiger partial charge in [-0.1, -0.05) is 0 Å². The van der Waals surface area contributed by atoms with Gasteiger partial charge in [0.15, 0.2) is 0 Å². The second-order valence-electron chi connectivity index (χ2n) is 29.9. The van der Waals surface area contributed by atoms with E-state index >= 15 is 0 Å². The molecule has 338 valence electrons. The second-order valence-corrected chi connectivity index (χ2v) is 91.6. The number of rotatable bonds is 4. The maximum absolute atomic E-state index is 3.23. The van der Waals surface area contributed by atoms with E-state index < -0.39 is 35.4 Å². The Hall–Kier alpha value is 2.38. The third-order valence-electron chi connectivity index (χ3n) is 13.3. The fraction of sp³-hybridized carbons (Fsp3) is 1.00. The molecule has 0 heterocycles. The van der Waals surface area contributed by atoms with Crippen LogP contribution in [0.15, 0.2) is 0 Å². The van der Waals surface area contributed by atoms with E-state index in [2.05, 4.69) is 249 Å². The monoisotopic (exact) mass is 919 g/mol. The number of hydrogen-bond acceptors (Lipinski definition) is 0. The molecule has 0 atom stereocenters. The van der Waals surface area contributed by atoms with Crippen molar-refractivity contribution in [1.29, 1.82) is 0 Å². The zero-order valence-corrected chi connectivity index (χ0v) is 49.9. The molecule has 0 N–H and O–H groups in total. The first-order chi connectivity index (χ1) is 22.0. The third-order valence-corrected chi connectivity index (χ3v) is 153. The van der Waals surface area contributed by atoms with Crippen molar-refractivity contribution in [1.82, 2.24) is 0 Å². The molecule has 0 bridgehead atoms. The van der Waals surface area contributed by atoms with Crippen molar-refractivity contribution in [2.24, 2.45) is 0 Å². The molecule has 0 aliphatic carbocycles. The molecule has 0 aromatic rings. The Balaban J connectivity index is 12.9. The molecular weight excluding hydrogens is 807 g/mol. The zero-order valence-electron chi connectivity index (χ0n) is 44.3. The van der Waals surface area contributed by atoms with Crippen LogP contribution in [0, 0.1) is 0 Å². The molecule has 0 aliphatic heterocycles. The topological polar surface area (TPSA) is 0 Å². The molecule has 0 aromatic carbocycles. The van der Waals surface area contributed by atoms with E-state index in [9.17, 15) is 0 Å². The predicted octanol–water partition coefficient (Wildman–Crippen LogP) is 18.4. The van der Waals surface area contributed by atoms with Gasteiger partial charge in [0.25, 0.3) is 0 Å². The van der Waals surface area contributed by atoms with Crippen LogP contribution in [0.25, 0.3) is 0 Å². The van der Waals surface area contributed by atoms with Gasteiger partial charge in [-0.05, 0) is 0 Å². The van der Waals surface area contributed by atoms with Crippen molar-refractivity contribution in [2.75, 3.05) is 0 Å². The third kappa shape index (κ3) is 6.96. The molecule has 0 saturated heterocycles. The molecule has 0 amide bonds. The molecule has 0 radical (unpaired) electrons. The second kappa shape index (κ2) is 14.2. The minimum atomic E-state index is -3.23. The first-order valence-corrected chi connectivity index (χ1v) is 38.2. The Kier molecular flexibility index (Phi) is 14.9. The summed E-state index contributed by atoms with van der Waals surface area (Å²) in [4.78, 5) is 0. The van der Waals surface area contributed by atoms with Gasteiger partial charge in [-0.2, -0.15) is 0 Å². The zero-order chi connectivity index (χ0) is 44.5. The molecule has 0 aliphatic rings. The Labute approximate surface area is 344 Å². The standard InChI is InChI=1S/4C12H27P.Pd/c4*1-10(2,3)13(11(4,5)6)12(7,8)9;/h4*1-9H3;/q;;;;-8/p+4. The van der Waals surface area contributed by atoms with Crippen molar-refractivity contribution in [3.8, 4) is 0 Å². The van der Waals surface area contributed by atoms with Gasteiger partial charge in [0, 0.05) is 0 Å². The van der Waals surface area contributed by atoms with E-state index in [-0.39, 0.29) is 61.9 Å². The Morgan fingerprint density at radius 1 is 0.151 bits per heavy atom. The SMILES string of the molecule is CC(C)(C)[PH](C(C)(C)C)(C(C)(C)C)[Pd-4]([PH](C(C)(C)C)(C(C)(C)C)C(C)(C)C)([PH](C(C)(C)C)(C(C)(C)C)C(C)(C)C)[PH](C(C)(C)C)(C(C)(C)C)C(C)(C)C. The molecule has 0 rings (SSSR count). The van der Waals surface area contributed by atoms with E-state index in [0.29, 0.717) is 0 Å². The quantitative estimate of drug-likeness (QED) is 0.195. The summed E-state index contributed by atoms with van der Waals surface area (Å²) < 4.78 is 0. The molecular formula is C48H112P4Pd-4. The summed E-state index contributed by atoms with van der Waals surface area (Å²) in [5.74, 6) is 0. The summed E-state index contributed by atoms with van der Waals surface area (Å²) in [6.07, 6.45) is 0. The predicted molar refractivity (Wildman–Crippen MR) is 270 cm³/mol. The Bertz CT molecular complexity index is 915. The van der Waals surface area contributed by atoms with Crippen LogP contribution in [-0.4, -0.2) is 61.9 Å². The fourth-order valence-electron chi connectivity index (χ4n) is 18.8. The van der Waals surface area contributed by atoms with Crippen LogP contribution in [0.2, 0.25) is 0 Å². The minimum absolute atomic E-state index is 0.153. The van der Waals surface area contributed by atoms with E-state index in [1.165, 1.54) is 0 Å². The van der Waals surface area contributed by atoms with Gasteiger partial charge < -0.3 is 0 Å². The van der Waals surface area contributed by atoms with Gasteiger partial charge in [-0.25, -0.2) is 0 Å². The van der Waals surface area contributed by atoms with Crippen LogP contribution in [0.5, 0.6) is 0 Å². The van der Waals surface area contributed by atoms with E-state index in [0.717, 1.165) is 0 Å². The average Bonchev–Trinajstić information content (AvgIpc) is 2.60. The van der Waals surface area contributed by atoms with Gasteiger partial charge in [0.05, 0.1) is 0 Å². The van der Waals surface area contributed by atoms with Crippen LogP contribution in [-0.2, 0) is 13.6 Å². The van der Waals surface area contributed by atoms with E-state index in [1.807, 2.05) is 0 Å². The molecule has 0 aromatic heterocycles. The summed E-state index contributed by atoms with van der Waals surface area (Å²) in [7, 11) is 0. The van der Waals surface area contributed by atoms with Crippen LogP contribution in [0.3, 0.4) is 0 Å². The van der Waals surface area contributed by atoms with Crippen molar-refractivity contribution in [3.05, 3.63) is 0 Å². The van der Waals surface area contributed by atoms with Crippen LogP contribution in [0.1, 0.15) is 249 Å². The van der Waals surface area contributed by atoms with Gasteiger partial charge in [-0.3, -0.25) is 0 Å². The fourth-order valence-corrected chi connectivity index (χ4v) is 325. The molecule has 0 fully saturated rings. The molecule has 0 unspecified atom stereocenters. The van der Waals surface area contributed by atoms with Crippen molar-refractivity contribution in [2.45, 2.75) is 311 Å². The van der Waals surface area contributed by atoms with Crippen LogP contribution < -0.4 is 0 Å². The summed E-state index contributed by atoms with van der Waals surface area (Å²) >= 11 is -3.23. The molecule has 5 heteroatoms. The molecule has 0 nitrogen and oxygen atoms in total. The molecule has 0 spiro atoms. The molecule has 53 heavy (non-hydrogen) atoms. The summed E-state index contributed by atoms with van der Waals surface area (Å²) in [5, 5.41) is 1.84. The normalized spacial score (nSPS) is 20.2. The Morgan fingerprint density at radius 3 is 0.245 bits per heavy atom. The van der Waals surface area contributed by atoms with Crippen LogP contribution in [0.4, 0.5) is 0 Å². The summed E-state index contributed by atoms with van der Waals surface area (Å²) in [5.41, 5.74) is -11.0. The summed E-state index contributed by atoms with van der Waals surface area (Å²) in [6, 6.07) is 0. The van der Waals surface area contributed by atoms with Gasteiger partial charge >= 0.3 is 346 Å². The first-order valence-electron chi connectivity index (χ1n) is 21.6. The van der Waals surface area contributed by atoms with Gasteiger partial charge in [0.1, 0.15) is 0 Å². The number of hydrogen-bond donors (Lipinski definition) is 0.